The van der Waals surface area contributed by atoms with Crippen LogP contribution in [0.15, 0.2) is 17.0 Å². The summed E-state index contributed by atoms with van der Waals surface area (Å²) < 4.78 is 54.1. The number of nitrogens with zero attached hydrogens (tertiary/aromatic N) is 1. The Hall–Kier alpha value is -1.09. The first kappa shape index (κ1) is 18.0. The molecule has 2 N–H and O–H groups in total. The normalized spacial score (nSPS) is 12.1. The van der Waals surface area contributed by atoms with Gasteiger partial charge in [0.25, 0.3) is 0 Å². The van der Waals surface area contributed by atoms with E-state index in [9.17, 15) is 17.2 Å². The largest absolute Gasteiger partial charge is 0.315 e. The Morgan fingerprint density at radius 2 is 1.90 bits per heavy atom. The molecule has 0 aromatic heterocycles. The van der Waals surface area contributed by atoms with E-state index in [-0.39, 0.29) is 18.7 Å². The Balaban J connectivity index is 2.90. The van der Waals surface area contributed by atoms with Gasteiger partial charge in [0.05, 0.1) is 0 Å². The van der Waals surface area contributed by atoms with Crippen LogP contribution in [-0.2, 0) is 16.6 Å². The van der Waals surface area contributed by atoms with Gasteiger partial charge in [0.1, 0.15) is 10.7 Å². The third kappa shape index (κ3) is 4.99. The maximum Gasteiger partial charge on any atom is 0.243 e. The number of benzene rings is 1. The van der Waals surface area contributed by atoms with Gasteiger partial charge in [0, 0.05) is 18.7 Å². The maximum absolute atomic E-state index is 14.1. The zero-order valence-corrected chi connectivity index (χ0v) is 13.2. The van der Waals surface area contributed by atoms with E-state index in [0.717, 1.165) is 12.1 Å². The molecule has 0 unspecified atom stereocenters. The second kappa shape index (κ2) is 7.79. The van der Waals surface area contributed by atoms with Crippen molar-refractivity contribution in [1.29, 1.82) is 0 Å². The third-order valence-corrected chi connectivity index (χ3v) is 4.35. The highest BCUT2D eigenvalue weighted by atomic mass is 32.2. The molecule has 0 bridgehead atoms. The summed E-state index contributed by atoms with van der Waals surface area (Å²) in [4.78, 5) is 1.39. The van der Waals surface area contributed by atoms with Gasteiger partial charge < -0.3 is 10.2 Å². The molecule has 1 rings (SSSR count). The molecular weight excluding hydrogens is 300 g/mol. The summed E-state index contributed by atoms with van der Waals surface area (Å²) in [6, 6.07) is 1.91. The van der Waals surface area contributed by atoms with E-state index in [4.69, 9.17) is 0 Å². The third-order valence-electron chi connectivity index (χ3n) is 2.87. The van der Waals surface area contributed by atoms with Gasteiger partial charge in [-0.25, -0.2) is 21.9 Å². The first-order valence-electron chi connectivity index (χ1n) is 6.55. The topological polar surface area (TPSA) is 61.4 Å². The zero-order valence-electron chi connectivity index (χ0n) is 12.4. The summed E-state index contributed by atoms with van der Waals surface area (Å²) >= 11 is 0. The molecule has 0 amide bonds. The molecule has 120 valence electrons. The van der Waals surface area contributed by atoms with Crippen LogP contribution in [0.3, 0.4) is 0 Å². The molecule has 21 heavy (non-hydrogen) atoms. The van der Waals surface area contributed by atoms with Crippen molar-refractivity contribution in [3.8, 4) is 0 Å². The minimum Gasteiger partial charge on any atom is -0.315 e. The monoisotopic (exact) mass is 321 g/mol. The van der Waals surface area contributed by atoms with E-state index in [1.54, 1.807) is 0 Å². The van der Waals surface area contributed by atoms with Gasteiger partial charge in [-0.2, -0.15) is 0 Å². The molecular formula is C13H21F2N3O2S. The fraction of sp³-hybridized carbons (Fsp3) is 0.538. The van der Waals surface area contributed by atoms with Gasteiger partial charge in [0.2, 0.25) is 10.0 Å². The molecule has 0 saturated heterocycles. The molecule has 5 nitrogen and oxygen atoms in total. The lowest BCUT2D eigenvalue weighted by Gasteiger charge is -2.12. The lowest BCUT2D eigenvalue weighted by molar-refractivity contribution is 0.400. The van der Waals surface area contributed by atoms with Crippen molar-refractivity contribution in [3.63, 3.8) is 0 Å². The summed E-state index contributed by atoms with van der Waals surface area (Å²) in [5.74, 6) is -1.82. The van der Waals surface area contributed by atoms with E-state index in [1.165, 1.54) is 7.05 Å². The molecule has 0 aliphatic heterocycles. The van der Waals surface area contributed by atoms with Crippen molar-refractivity contribution in [3.05, 3.63) is 29.3 Å². The van der Waals surface area contributed by atoms with Crippen molar-refractivity contribution >= 4 is 10.0 Å². The van der Waals surface area contributed by atoms with Gasteiger partial charge in [0.15, 0.2) is 5.82 Å². The van der Waals surface area contributed by atoms with Crippen LogP contribution in [0.4, 0.5) is 8.78 Å². The maximum atomic E-state index is 14.1. The van der Waals surface area contributed by atoms with Crippen molar-refractivity contribution in [2.75, 3.05) is 34.2 Å². The Morgan fingerprint density at radius 3 is 2.48 bits per heavy atom. The summed E-state index contributed by atoms with van der Waals surface area (Å²) in [6.07, 6.45) is 0.596. The summed E-state index contributed by atoms with van der Waals surface area (Å²) in [5, 5.41) is 2.61. The van der Waals surface area contributed by atoms with Crippen LogP contribution in [0.2, 0.25) is 0 Å². The van der Waals surface area contributed by atoms with Gasteiger partial charge in [-0.05, 0) is 46.2 Å². The highest BCUT2D eigenvalue weighted by Gasteiger charge is 2.22. The predicted molar refractivity (Wildman–Crippen MR) is 77.5 cm³/mol. The van der Waals surface area contributed by atoms with E-state index in [1.807, 2.05) is 19.0 Å². The van der Waals surface area contributed by atoms with Crippen LogP contribution >= 0.6 is 0 Å². The molecule has 0 fully saturated rings. The quantitative estimate of drug-likeness (QED) is 0.699. The molecule has 0 aliphatic carbocycles. The number of hydrogen-bond acceptors (Lipinski definition) is 4. The summed E-state index contributed by atoms with van der Waals surface area (Å²) in [7, 11) is 1.29. The average Bonchev–Trinajstić information content (AvgIpc) is 2.39. The fourth-order valence-corrected chi connectivity index (χ4v) is 2.98. The first-order chi connectivity index (χ1) is 9.79. The Bertz CT molecular complexity index is 577. The highest BCUT2D eigenvalue weighted by Crippen LogP contribution is 2.20. The van der Waals surface area contributed by atoms with Gasteiger partial charge in [-0.3, -0.25) is 0 Å². The minimum atomic E-state index is -3.98. The highest BCUT2D eigenvalue weighted by molar-refractivity contribution is 7.89. The molecule has 0 spiro atoms. The SMILES string of the molecule is CNCc1c(F)ccc(S(=O)(=O)NCCCN(C)C)c1F. The van der Waals surface area contributed by atoms with Crippen LogP contribution in [0.25, 0.3) is 0 Å². The van der Waals surface area contributed by atoms with Crippen LogP contribution in [0.5, 0.6) is 0 Å². The Kier molecular flexibility index (Phi) is 6.66. The molecule has 0 heterocycles. The second-order valence-electron chi connectivity index (χ2n) is 4.92. The molecule has 0 aliphatic rings. The van der Waals surface area contributed by atoms with Gasteiger partial charge in [-0.15, -0.1) is 0 Å². The molecule has 0 saturated carbocycles. The standard InChI is InChI=1S/C13H21F2N3O2S/c1-16-9-10-11(14)5-6-12(13(10)15)21(19,20)17-7-4-8-18(2)3/h5-6,16-17H,4,7-9H2,1-3H3. The van der Waals surface area contributed by atoms with E-state index < -0.39 is 26.6 Å². The molecule has 1 aromatic carbocycles. The van der Waals surface area contributed by atoms with Crippen LogP contribution in [0, 0.1) is 11.6 Å². The minimum absolute atomic E-state index is 0.0817. The molecule has 0 radical (unpaired) electrons. The zero-order chi connectivity index (χ0) is 16.0. The number of sulfonamides is 1. The van der Waals surface area contributed by atoms with Crippen molar-refractivity contribution in [2.45, 2.75) is 17.9 Å². The second-order valence-corrected chi connectivity index (χ2v) is 6.66. The predicted octanol–water partition coefficient (Wildman–Crippen LogP) is 0.914. The molecule has 0 atom stereocenters. The van der Waals surface area contributed by atoms with Gasteiger partial charge in [-0.1, -0.05) is 0 Å². The number of rotatable bonds is 8. The van der Waals surface area contributed by atoms with Crippen molar-refractivity contribution in [1.82, 2.24) is 14.9 Å². The number of hydrogen-bond donors (Lipinski definition) is 2. The average molecular weight is 321 g/mol. The summed E-state index contributed by atoms with van der Waals surface area (Å²) in [5.41, 5.74) is -0.284. The van der Waals surface area contributed by atoms with E-state index >= 15 is 0 Å². The van der Waals surface area contributed by atoms with E-state index in [2.05, 4.69) is 10.0 Å². The number of halogens is 2. The fourth-order valence-electron chi connectivity index (χ4n) is 1.80. The first-order valence-corrected chi connectivity index (χ1v) is 8.03. The van der Waals surface area contributed by atoms with Crippen LogP contribution in [-0.4, -0.2) is 47.6 Å². The lowest BCUT2D eigenvalue weighted by atomic mass is 10.2. The van der Waals surface area contributed by atoms with Crippen LogP contribution < -0.4 is 10.0 Å². The summed E-state index contributed by atoms with van der Waals surface area (Å²) in [6.45, 7) is 0.819. The van der Waals surface area contributed by atoms with Crippen molar-refractivity contribution in [2.24, 2.45) is 0 Å². The molecule has 1 aromatic rings. The Morgan fingerprint density at radius 1 is 1.24 bits per heavy atom. The lowest BCUT2D eigenvalue weighted by Crippen LogP contribution is -2.28. The smallest absolute Gasteiger partial charge is 0.243 e. The van der Waals surface area contributed by atoms with E-state index in [0.29, 0.717) is 13.0 Å². The number of nitrogens with one attached hydrogen (secondary N) is 2. The van der Waals surface area contributed by atoms with Crippen LogP contribution in [0.1, 0.15) is 12.0 Å². The molecule has 8 heteroatoms. The van der Waals surface area contributed by atoms with Gasteiger partial charge >= 0.3 is 0 Å². The Labute approximate surface area is 124 Å². The van der Waals surface area contributed by atoms with Crippen molar-refractivity contribution < 1.29 is 17.2 Å².